The Hall–Kier alpha value is -0.640. The maximum Gasteiger partial charge on any atom is 0.190 e. The summed E-state index contributed by atoms with van der Waals surface area (Å²) in [6, 6.07) is 7.84. The zero-order chi connectivity index (χ0) is 9.42. The van der Waals surface area contributed by atoms with Crippen LogP contribution in [0.5, 0.6) is 0 Å². The molecule has 0 fully saturated rings. The fourth-order valence-electron chi connectivity index (χ4n) is 1.61. The minimum absolute atomic E-state index is 0.211. The Labute approximate surface area is 91.0 Å². The minimum atomic E-state index is 0.211. The number of Topliss-reactive ketones (excluding diaryl/α,β-unsaturated/α-hetero) is 1. The van der Waals surface area contributed by atoms with Gasteiger partial charge >= 0.3 is 0 Å². The third-order valence-electron chi connectivity index (χ3n) is 2.32. The summed E-state index contributed by atoms with van der Waals surface area (Å²) in [5.74, 6) is 0.211. The van der Waals surface area contributed by atoms with Gasteiger partial charge in [0.2, 0.25) is 0 Å². The lowest BCUT2D eigenvalue weighted by Gasteiger charge is -1.94. The molecule has 2 rings (SSSR count). The Morgan fingerprint density at radius 3 is 2.69 bits per heavy atom. The minimum Gasteiger partial charge on any atom is -0.289 e. The molecular formula is C11H9IO. The van der Waals surface area contributed by atoms with Gasteiger partial charge in [0, 0.05) is 17.6 Å². The highest BCUT2D eigenvalue weighted by atomic mass is 127. The summed E-state index contributed by atoms with van der Waals surface area (Å²) in [7, 11) is 0. The normalized spacial score (nSPS) is 18.8. The van der Waals surface area contributed by atoms with Crippen molar-refractivity contribution in [3.05, 3.63) is 44.5 Å². The van der Waals surface area contributed by atoms with E-state index in [0.29, 0.717) is 0 Å². The molecule has 0 saturated carbocycles. The molecule has 0 aromatic heterocycles. The summed E-state index contributed by atoms with van der Waals surface area (Å²) in [5.41, 5.74) is 3.01. The van der Waals surface area contributed by atoms with Crippen LogP contribution in [0.25, 0.3) is 0 Å². The molecule has 0 saturated heterocycles. The summed E-state index contributed by atoms with van der Waals surface area (Å²) in [6.07, 6.45) is 0.809. The third-order valence-corrected chi connectivity index (χ3v) is 2.97. The molecule has 1 aliphatic carbocycles. The largest absolute Gasteiger partial charge is 0.289 e. The Morgan fingerprint density at radius 1 is 1.38 bits per heavy atom. The number of halogens is 1. The smallest absolute Gasteiger partial charge is 0.190 e. The van der Waals surface area contributed by atoms with Crippen molar-refractivity contribution in [3.8, 4) is 0 Å². The first kappa shape index (κ1) is 8.94. The van der Waals surface area contributed by atoms with Crippen LogP contribution < -0.4 is 0 Å². The van der Waals surface area contributed by atoms with Crippen LogP contribution in [0.3, 0.4) is 0 Å². The van der Waals surface area contributed by atoms with Gasteiger partial charge in [0.15, 0.2) is 5.78 Å². The van der Waals surface area contributed by atoms with Crippen molar-refractivity contribution in [2.45, 2.75) is 13.3 Å². The SMILES string of the molecule is C/C(I)=C1\Cc2ccccc2C1=O. The molecule has 0 N–H and O–H groups in total. The fourth-order valence-corrected chi connectivity index (χ4v) is 2.04. The average molecular weight is 284 g/mol. The van der Waals surface area contributed by atoms with Gasteiger partial charge in [-0.15, -0.1) is 0 Å². The lowest BCUT2D eigenvalue weighted by Crippen LogP contribution is -1.95. The van der Waals surface area contributed by atoms with Crippen molar-refractivity contribution < 1.29 is 4.79 Å². The lowest BCUT2D eigenvalue weighted by molar-refractivity contribution is 0.103. The predicted octanol–water partition coefficient (Wildman–Crippen LogP) is 3.13. The van der Waals surface area contributed by atoms with E-state index in [1.54, 1.807) is 0 Å². The molecule has 1 aromatic carbocycles. The van der Waals surface area contributed by atoms with Crippen molar-refractivity contribution >= 4 is 28.4 Å². The Kier molecular flexibility index (Phi) is 2.24. The van der Waals surface area contributed by atoms with Gasteiger partial charge in [-0.25, -0.2) is 0 Å². The van der Waals surface area contributed by atoms with Gasteiger partial charge in [-0.3, -0.25) is 4.79 Å². The molecule has 0 bridgehead atoms. The molecule has 1 aliphatic rings. The number of rotatable bonds is 0. The van der Waals surface area contributed by atoms with E-state index in [1.165, 1.54) is 5.56 Å². The van der Waals surface area contributed by atoms with E-state index in [2.05, 4.69) is 22.6 Å². The van der Waals surface area contributed by atoms with Crippen LogP contribution in [0.1, 0.15) is 22.8 Å². The van der Waals surface area contributed by atoms with Crippen molar-refractivity contribution in [2.75, 3.05) is 0 Å². The van der Waals surface area contributed by atoms with E-state index < -0.39 is 0 Å². The van der Waals surface area contributed by atoms with E-state index in [-0.39, 0.29) is 5.78 Å². The molecular weight excluding hydrogens is 275 g/mol. The zero-order valence-electron chi connectivity index (χ0n) is 7.30. The Morgan fingerprint density at radius 2 is 2.08 bits per heavy atom. The third kappa shape index (κ3) is 1.43. The van der Waals surface area contributed by atoms with Gasteiger partial charge in [0.1, 0.15) is 0 Å². The second-order valence-electron chi connectivity index (χ2n) is 3.18. The predicted molar refractivity (Wildman–Crippen MR) is 61.2 cm³/mol. The highest BCUT2D eigenvalue weighted by Crippen LogP contribution is 2.29. The van der Waals surface area contributed by atoms with Crippen LogP contribution in [0, 0.1) is 0 Å². The number of fused-ring (bicyclic) bond motifs is 1. The Balaban J connectivity index is 2.57. The number of benzene rings is 1. The quantitative estimate of drug-likeness (QED) is 0.528. The topological polar surface area (TPSA) is 17.1 Å². The van der Waals surface area contributed by atoms with Crippen LogP contribution in [-0.2, 0) is 6.42 Å². The molecule has 0 spiro atoms. The van der Waals surface area contributed by atoms with Crippen molar-refractivity contribution in [2.24, 2.45) is 0 Å². The molecule has 0 unspecified atom stereocenters. The maximum atomic E-state index is 11.8. The molecule has 2 heteroatoms. The van der Waals surface area contributed by atoms with E-state index in [4.69, 9.17) is 0 Å². The zero-order valence-corrected chi connectivity index (χ0v) is 9.46. The van der Waals surface area contributed by atoms with Crippen molar-refractivity contribution in [1.82, 2.24) is 0 Å². The first-order chi connectivity index (χ1) is 6.20. The number of allylic oxidation sites excluding steroid dienone is 2. The van der Waals surface area contributed by atoms with Crippen LogP contribution >= 0.6 is 22.6 Å². The second kappa shape index (κ2) is 3.25. The monoisotopic (exact) mass is 284 g/mol. The molecule has 1 aromatic rings. The van der Waals surface area contributed by atoms with E-state index >= 15 is 0 Å². The van der Waals surface area contributed by atoms with E-state index in [9.17, 15) is 4.79 Å². The summed E-state index contributed by atoms with van der Waals surface area (Å²) in [4.78, 5) is 11.8. The maximum absolute atomic E-state index is 11.8. The average Bonchev–Trinajstić information content (AvgIpc) is 2.45. The summed E-state index contributed by atoms with van der Waals surface area (Å²) in [5, 5.41) is 0. The van der Waals surface area contributed by atoms with Gasteiger partial charge in [0.05, 0.1) is 0 Å². The summed E-state index contributed by atoms with van der Waals surface area (Å²) in [6.45, 7) is 1.99. The number of hydrogen-bond acceptors (Lipinski definition) is 1. The first-order valence-electron chi connectivity index (χ1n) is 4.18. The molecule has 0 radical (unpaired) electrons. The first-order valence-corrected chi connectivity index (χ1v) is 5.26. The molecule has 0 amide bonds. The Bertz CT molecular complexity index is 400. The highest BCUT2D eigenvalue weighted by Gasteiger charge is 2.24. The number of hydrogen-bond donors (Lipinski definition) is 0. The van der Waals surface area contributed by atoms with E-state index in [0.717, 1.165) is 21.1 Å². The standard InChI is InChI=1S/C11H9IO/c1-7(12)10-6-8-4-2-3-5-9(8)11(10)13/h2-5H,6H2,1H3/b10-7-. The molecule has 0 aliphatic heterocycles. The van der Waals surface area contributed by atoms with Crippen LogP contribution in [0.4, 0.5) is 0 Å². The fraction of sp³-hybridized carbons (Fsp3) is 0.182. The lowest BCUT2D eigenvalue weighted by atomic mass is 10.1. The number of carbonyl (C=O) groups is 1. The molecule has 1 nitrogen and oxygen atoms in total. The van der Waals surface area contributed by atoms with Crippen LogP contribution in [0.15, 0.2) is 33.4 Å². The van der Waals surface area contributed by atoms with Gasteiger partial charge in [-0.05, 0) is 38.7 Å². The molecule has 0 atom stereocenters. The highest BCUT2D eigenvalue weighted by molar-refractivity contribution is 14.1. The van der Waals surface area contributed by atoms with Gasteiger partial charge in [-0.2, -0.15) is 0 Å². The van der Waals surface area contributed by atoms with Gasteiger partial charge in [-0.1, -0.05) is 24.3 Å². The van der Waals surface area contributed by atoms with Crippen LogP contribution in [0.2, 0.25) is 0 Å². The second-order valence-corrected chi connectivity index (χ2v) is 4.79. The van der Waals surface area contributed by atoms with E-state index in [1.807, 2.05) is 31.2 Å². The van der Waals surface area contributed by atoms with Crippen molar-refractivity contribution in [1.29, 1.82) is 0 Å². The molecule has 13 heavy (non-hydrogen) atoms. The molecule has 66 valence electrons. The van der Waals surface area contributed by atoms with Gasteiger partial charge in [0.25, 0.3) is 0 Å². The number of ketones is 1. The summed E-state index contributed by atoms with van der Waals surface area (Å²) < 4.78 is 1.11. The number of carbonyl (C=O) groups excluding carboxylic acids is 1. The van der Waals surface area contributed by atoms with Crippen LogP contribution in [-0.4, -0.2) is 5.78 Å². The molecule has 0 heterocycles. The van der Waals surface area contributed by atoms with Crippen molar-refractivity contribution in [3.63, 3.8) is 0 Å². The summed E-state index contributed by atoms with van der Waals surface area (Å²) >= 11 is 2.22. The van der Waals surface area contributed by atoms with Gasteiger partial charge < -0.3 is 0 Å².